The Bertz CT molecular complexity index is 1290. The molecule has 1 atom stereocenters. The van der Waals surface area contributed by atoms with Crippen molar-refractivity contribution in [2.75, 3.05) is 24.4 Å². The monoisotopic (exact) mass is 518 g/mol. The summed E-state index contributed by atoms with van der Waals surface area (Å²) < 4.78 is 32.2. The molecule has 0 aliphatic heterocycles. The highest BCUT2D eigenvalue weighted by atomic mass is 35.5. The molecule has 1 unspecified atom stereocenters. The van der Waals surface area contributed by atoms with Gasteiger partial charge in [0.25, 0.3) is 11.8 Å². The fraction of sp³-hybridized carbons (Fsp3) is 0.261. The van der Waals surface area contributed by atoms with Crippen LogP contribution in [-0.2, 0) is 9.63 Å². The molecular formula is C23H21ClF2N6O4. The Hall–Kier alpha value is -3.90. The van der Waals surface area contributed by atoms with Crippen LogP contribution in [0.1, 0.15) is 23.7 Å². The van der Waals surface area contributed by atoms with Crippen LogP contribution in [0.25, 0.3) is 11.4 Å². The summed E-state index contributed by atoms with van der Waals surface area (Å²) in [5, 5.41) is 5.82. The van der Waals surface area contributed by atoms with Gasteiger partial charge in [0.2, 0.25) is 5.91 Å². The van der Waals surface area contributed by atoms with E-state index in [9.17, 15) is 18.4 Å². The maximum atomic E-state index is 13.3. The molecule has 0 radical (unpaired) electrons. The fourth-order valence-electron chi connectivity index (χ4n) is 3.34. The zero-order chi connectivity index (χ0) is 25.9. The number of nitrogens with one attached hydrogen (secondary N) is 3. The van der Waals surface area contributed by atoms with Gasteiger partial charge in [-0.1, -0.05) is 17.7 Å². The number of alkyl halides is 2. The van der Waals surface area contributed by atoms with Crippen LogP contribution >= 0.6 is 11.6 Å². The second-order valence-corrected chi connectivity index (χ2v) is 8.16. The molecular weight excluding hydrogens is 498 g/mol. The lowest BCUT2D eigenvalue weighted by Gasteiger charge is -2.17. The molecule has 2 amide bonds. The molecule has 1 aromatic carbocycles. The van der Waals surface area contributed by atoms with Crippen LogP contribution < -0.4 is 20.9 Å². The number of rotatable bonds is 9. The average Bonchev–Trinajstić information content (AvgIpc) is 3.51. The number of hydroxylamine groups is 1. The van der Waals surface area contributed by atoms with Crippen molar-refractivity contribution < 1.29 is 27.9 Å². The van der Waals surface area contributed by atoms with Crippen molar-refractivity contribution in [1.82, 2.24) is 20.4 Å². The van der Waals surface area contributed by atoms with Gasteiger partial charge in [0.05, 0.1) is 41.2 Å². The first-order valence-corrected chi connectivity index (χ1v) is 11.1. The van der Waals surface area contributed by atoms with Crippen molar-refractivity contribution in [2.45, 2.75) is 19.3 Å². The van der Waals surface area contributed by atoms with Gasteiger partial charge in [0.1, 0.15) is 11.7 Å². The Morgan fingerprint density at radius 1 is 1.17 bits per heavy atom. The van der Waals surface area contributed by atoms with Crippen LogP contribution in [0, 0.1) is 5.92 Å². The zero-order valence-corrected chi connectivity index (χ0v) is 19.9. The van der Waals surface area contributed by atoms with Crippen molar-refractivity contribution in [1.29, 1.82) is 0 Å². The summed E-state index contributed by atoms with van der Waals surface area (Å²) in [5.74, 6) is -5.22. The van der Waals surface area contributed by atoms with E-state index in [1.807, 2.05) is 0 Å². The normalized spacial score (nSPS) is 15.6. The van der Waals surface area contributed by atoms with Crippen LogP contribution in [0.15, 0.2) is 42.9 Å². The number of amides is 2. The molecule has 0 bridgehead atoms. The van der Waals surface area contributed by atoms with E-state index in [0.29, 0.717) is 27.8 Å². The smallest absolute Gasteiger partial charge is 0.278 e. The molecule has 188 valence electrons. The van der Waals surface area contributed by atoms with E-state index in [-0.39, 0.29) is 23.7 Å². The van der Waals surface area contributed by atoms with Gasteiger partial charge < -0.3 is 15.4 Å². The molecule has 36 heavy (non-hydrogen) atoms. The molecule has 10 nitrogen and oxygen atoms in total. The van der Waals surface area contributed by atoms with Crippen molar-refractivity contribution in [3.63, 3.8) is 0 Å². The number of hydrogen-bond acceptors (Lipinski definition) is 8. The third-order valence-electron chi connectivity index (χ3n) is 5.20. The topological polar surface area (TPSA) is 127 Å². The predicted molar refractivity (Wildman–Crippen MR) is 127 cm³/mol. The van der Waals surface area contributed by atoms with Crippen LogP contribution in [0.4, 0.5) is 26.0 Å². The number of halogens is 3. The minimum absolute atomic E-state index is 0.0192. The van der Waals surface area contributed by atoms with E-state index in [1.165, 1.54) is 31.8 Å². The van der Waals surface area contributed by atoms with Crippen molar-refractivity contribution in [3.05, 3.63) is 53.4 Å². The molecule has 2 heterocycles. The Balaban J connectivity index is 1.69. The lowest BCUT2D eigenvalue weighted by molar-refractivity contribution is -0.119. The van der Waals surface area contributed by atoms with Crippen molar-refractivity contribution in [3.8, 4) is 17.1 Å². The lowest BCUT2D eigenvalue weighted by atomic mass is 10.1. The number of aromatic nitrogens is 3. The summed E-state index contributed by atoms with van der Waals surface area (Å²) >= 11 is 5.89. The van der Waals surface area contributed by atoms with E-state index in [4.69, 9.17) is 21.2 Å². The average molecular weight is 519 g/mol. The number of carbonyl (C=O) groups excluding carboxylic acids is 2. The van der Waals surface area contributed by atoms with Crippen molar-refractivity contribution in [2.24, 2.45) is 5.92 Å². The number of carbonyl (C=O) groups is 2. The fourth-order valence-corrected chi connectivity index (χ4v) is 3.44. The molecule has 4 rings (SSSR count). The number of nitrogens with zero attached hydrogens (tertiary/aromatic N) is 3. The summed E-state index contributed by atoms with van der Waals surface area (Å²) in [4.78, 5) is 42.3. The highest BCUT2D eigenvalue weighted by molar-refractivity contribution is 6.30. The van der Waals surface area contributed by atoms with Gasteiger partial charge in [0.15, 0.2) is 11.6 Å². The number of benzene rings is 1. The van der Waals surface area contributed by atoms with Crippen LogP contribution in [0.3, 0.4) is 0 Å². The molecule has 1 aliphatic rings. The van der Waals surface area contributed by atoms with E-state index >= 15 is 0 Å². The van der Waals surface area contributed by atoms with Crippen molar-refractivity contribution >= 4 is 40.6 Å². The highest BCUT2D eigenvalue weighted by Gasteiger charge is 2.61. The summed E-state index contributed by atoms with van der Waals surface area (Å²) in [7, 11) is 1.46. The molecule has 3 N–H and O–H groups in total. The summed E-state index contributed by atoms with van der Waals surface area (Å²) in [6, 6.07) is 6.50. The van der Waals surface area contributed by atoms with E-state index < -0.39 is 30.1 Å². The highest BCUT2D eigenvalue weighted by Crippen LogP contribution is 2.49. The quantitative estimate of drug-likeness (QED) is 0.359. The third-order valence-corrected chi connectivity index (χ3v) is 5.40. The molecule has 2 aromatic heterocycles. The number of anilines is 3. The maximum Gasteiger partial charge on any atom is 0.278 e. The van der Waals surface area contributed by atoms with Gasteiger partial charge in [-0.3, -0.25) is 14.4 Å². The molecule has 0 saturated heterocycles. The minimum Gasteiger partial charge on any atom is -0.494 e. The number of ether oxygens (including phenoxy) is 1. The number of hydrogen-bond donors (Lipinski definition) is 3. The van der Waals surface area contributed by atoms with Gasteiger partial charge in [-0.2, -0.15) is 0 Å². The molecule has 1 saturated carbocycles. The predicted octanol–water partition coefficient (Wildman–Crippen LogP) is 4.22. The van der Waals surface area contributed by atoms with Gasteiger partial charge in [-0.05, 0) is 19.1 Å². The number of para-hydroxylation sites is 1. The Labute approximate surface area is 209 Å². The largest absolute Gasteiger partial charge is 0.494 e. The van der Waals surface area contributed by atoms with Crippen LogP contribution in [0.2, 0.25) is 5.02 Å². The Kier molecular flexibility index (Phi) is 7.27. The Morgan fingerprint density at radius 2 is 1.89 bits per heavy atom. The second-order valence-electron chi connectivity index (χ2n) is 7.72. The van der Waals surface area contributed by atoms with Gasteiger partial charge >= 0.3 is 0 Å². The second kappa shape index (κ2) is 10.4. The number of methoxy groups -OCH3 is 1. The van der Waals surface area contributed by atoms with E-state index in [0.717, 1.165) is 0 Å². The molecule has 1 aliphatic carbocycles. The SMILES string of the molecule is CCONC(=O)c1cnc(NC(=O)C2CC2(F)F)cc1Nc1cccc(-c2ncc(Cl)cn2)c1OC. The van der Waals surface area contributed by atoms with E-state index in [1.54, 1.807) is 25.1 Å². The first-order chi connectivity index (χ1) is 17.2. The molecule has 3 aromatic rings. The zero-order valence-electron chi connectivity index (χ0n) is 19.1. The van der Waals surface area contributed by atoms with E-state index in [2.05, 4.69) is 31.1 Å². The first-order valence-electron chi connectivity index (χ1n) is 10.8. The summed E-state index contributed by atoms with van der Waals surface area (Å²) in [5.41, 5.74) is 3.51. The standard InChI is InChI=1S/C23H21ClF2N6O4/c1-3-36-32-21(33)14-11-27-18(31-22(34)15-8-23(15,25)26)7-17(14)30-16-6-4-5-13(19(16)35-2)20-28-9-12(24)10-29-20/h4-7,9-11,15H,3,8H2,1-2H3,(H,32,33)(H2,27,30,31,34). The van der Waals surface area contributed by atoms with Crippen LogP contribution in [-0.4, -0.2) is 46.4 Å². The van der Waals surface area contributed by atoms with Gasteiger partial charge in [-0.15, -0.1) is 0 Å². The number of pyridine rings is 1. The van der Waals surface area contributed by atoms with Gasteiger partial charge in [0, 0.05) is 31.1 Å². The molecule has 1 fully saturated rings. The maximum absolute atomic E-state index is 13.3. The molecule has 0 spiro atoms. The third kappa shape index (κ3) is 5.50. The summed E-state index contributed by atoms with van der Waals surface area (Å²) in [6.07, 6.45) is 3.56. The lowest BCUT2D eigenvalue weighted by Crippen LogP contribution is -2.25. The summed E-state index contributed by atoms with van der Waals surface area (Å²) in [6.45, 7) is 1.92. The van der Waals surface area contributed by atoms with Gasteiger partial charge in [-0.25, -0.2) is 29.2 Å². The molecule has 13 heteroatoms. The van der Waals surface area contributed by atoms with Crippen LogP contribution in [0.5, 0.6) is 5.75 Å². The Morgan fingerprint density at radius 3 is 2.53 bits per heavy atom. The first kappa shape index (κ1) is 25.2. The minimum atomic E-state index is -3.03.